The first-order valence-corrected chi connectivity index (χ1v) is 36.1. The second kappa shape index (κ2) is 34.4. The maximum atomic E-state index is 13.8. The molecular weight excluding hydrogens is 1340 g/mol. The fourth-order valence-corrected chi connectivity index (χ4v) is 13.5. The van der Waals surface area contributed by atoms with Gasteiger partial charge in [-0.15, -0.1) is 0 Å². The quantitative estimate of drug-likeness (QED) is 0.0608. The lowest BCUT2D eigenvalue weighted by molar-refractivity contribution is 0.0374. The monoisotopic (exact) mass is 1430 g/mol. The number of nitrogens with one attached hydrogen (secondary N) is 3. The Labute approximate surface area is 614 Å². The fourth-order valence-electron chi connectivity index (χ4n) is 13.5. The highest BCUT2D eigenvalue weighted by molar-refractivity contribution is 5.94. The number of ether oxygens (including phenoxy) is 1. The van der Waals surface area contributed by atoms with E-state index < -0.39 is 0 Å². The van der Waals surface area contributed by atoms with Gasteiger partial charge < -0.3 is 35.4 Å². The van der Waals surface area contributed by atoms with Gasteiger partial charge in [0.15, 0.2) is 0 Å². The van der Waals surface area contributed by atoms with Crippen LogP contribution in [-0.2, 0) is 4.74 Å². The van der Waals surface area contributed by atoms with Crippen molar-refractivity contribution in [1.29, 1.82) is 0 Å². The number of likely N-dealkylation sites (N-methyl/N-ethyl adjacent to an activating group) is 2. The Morgan fingerprint density at radius 2 is 0.708 bits per heavy atom. The van der Waals surface area contributed by atoms with Crippen molar-refractivity contribution in [3.63, 3.8) is 0 Å². The van der Waals surface area contributed by atoms with Gasteiger partial charge in [-0.1, -0.05) is 36.4 Å². The Hall–Kier alpha value is -10.9. The number of aryl methyl sites for hydroxylation is 3. The van der Waals surface area contributed by atoms with Crippen molar-refractivity contribution in [2.45, 2.75) is 33.6 Å². The minimum absolute atomic E-state index is 0.189. The van der Waals surface area contributed by atoms with Crippen molar-refractivity contribution < 1.29 is 32.3 Å². The number of fused-ring (bicyclic) bond motifs is 3. The normalized spacial score (nSPS) is 14.7. The summed E-state index contributed by atoms with van der Waals surface area (Å²) in [5.74, 6) is -0.266. The molecule has 0 bridgehead atoms. The number of rotatable bonds is 20. The number of pyridine rings is 6. The van der Waals surface area contributed by atoms with Gasteiger partial charge in [-0.3, -0.25) is 52.3 Å². The molecule has 15 rings (SSSR count). The molecule has 0 atom stereocenters. The Bertz CT molecular complexity index is 5080. The zero-order valence-corrected chi connectivity index (χ0v) is 60.5. The molecule has 0 aliphatic carbocycles. The molecule has 12 heterocycles. The number of morpholine rings is 1. The van der Waals surface area contributed by atoms with Crippen LogP contribution in [0.25, 0.3) is 83.7 Å². The summed E-state index contributed by atoms with van der Waals surface area (Å²) >= 11 is 0. The first kappa shape index (κ1) is 73.5. The van der Waals surface area contributed by atoms with E-state index in [1.54, 1.807) is 98.8 Å². The van der Waals surface area contributed by atoms with Crippen LogP contribution < -0.4 is 16.0 Å². The van der Waals surface area contributed by atoms with Crippen LogP contribution in [0.4, 0.5) is 13.2 Å². The number of nitrogens with zero attached hydrogens (tertiary/aromatic N) is 14. The van der Waals surface area contributed by atoms with Crippen LogP contribution in [0, 0.1) is 38.2 Å². The van der Waals surface area contributed by atoms with Crippen LogP contribution >= 0.6 is 0 Å². The van der Waals surface area contributed by atoms with Gasteiger partial charge in [0.2, 0.25) is 17.5 Å². The molecular formula is C82H88F3N17O4. The van der Waals surface area contributed by atoms with Crippen molar-refractivity contribution in [3.8, 4) is 67.2 Å². The second-order valence-corrected chi connectivity index (χ2v) is 27.2. The van der Waals surface area contributed by atoms with Crippen molar-refractivity contribution in [2.75, 3.05) is 132 Å². The number of hydrogen-bond donors (Lipinski definition) is 3. The summed E-state index contributed by atoms with van der Waals surface area (Å²) in [4.78, 5) is 77.5. The fraction of sp³-hybridized carbons (Fsp3) is 0.305. The summed E-state index contributed by atoms with van der Waals surface area (Å²) in [5, 5.41) is 9.04. The first-order valence-electron chi connectivity index (χ1n) is 36.1. The molecule has 3 aromatic carbocycles. The van der Waals surface area contributed by atoms with E-state index in [0.717, 1.165) is 195 Å². The number of imidazole rings is 3. The predicted molar refractivity (Wildman–Crippen MR) is 407 cm³/mol. The maximum Gasteiger partial charge on any atom is 0.287 e. The largest absolute Gasteiger partial charge is 0.379 e. The van der Waals surface area contributed by atoms with Crippen LogP contribution in [0.15, 0.2) is 183 Å². The van der Waals surface area contributed by atoms with Crippen LogP contribution in [0.1, 0.15) is 61.4 Å². The summed E-state index contributed by atoms with van der Waals surface area (Å²) < 4.78 is 52.3. The average Bonchev–Trinajstić information content (AvgIpc) is 1.44. The molecule has 0 radical (unpaired) electrons. The molecule has 24 heteroatoms. The third kappa shape index (κ3) is 17.7. The van der Waals surface area contributed by atoms with E-state index in [4.69, 9.17) is 4.74 Å². The highest BCUT2D eigenvalue weighted by atomic mass is 19.1. The SMILES string of the molecule is Cc1cc(-c2ncccc2-c2ccc3cnc(C(=O)NCCCN4CCN(C)CC4)n3c2)ccc1F.Cc1cc(-c2ncccc2-c2ccc3cnc(C(=O)NCCCN4CCOCC4)n3c2)ccc1F.Cc1cc(-c2ncccc2-c2ccc3cnc(C(=O)NCCN4CCN(C)CC4)n3c2)ccc1F. The molecule has 3 fully saturated rings. The van der Waals surface area contributed by atoms with Gasteiger partial charge >= 0.3 is 0 Å². The van der Waals surface area contributed by atoms with E-state index in [-0.39, 0.29) is 35.2 Å². The molecule has 0 saturated carbocycles. The van der Waals surface area contributed by atoms with E-state index >= 15 is 0 Å². The van der Waals surface area contributed by atoms with Crippen LogP contribution in [0.2, 0.25) is 0 Å². The molecule has 3 aliphatic rings. The first-order chi connectivity index (χ1) is 51.6. The molecule has 9 aromatic heterocycles. The Balaban J connectivity index is 0.000000141. The number of piperazine rings is 2. The molecule has 0 spiro atoms. The lowest BCUT2D eigenvalue weighted by Crippen LogP contribution is -2.47. The molecule has 3 aliphatic heterocycles. The van der Waals surface area contributed by atoms with Gasteiger partial charge in [0.1, 0.15) is 17.5 Å². The van der Waals surface area contributed by atoms with E-state index in [2.05, 4.69) is 84.4 Å². The highest BCUT2D eigenvalue weighted by Crippen LogP contribution is 2.35. The van der Waals surface area contributed by atoms with Crippen molar-refractivity contribution >= 4 is 34.3 Å². The standard InChI is InChI=1S/C28H31FN6O.C27H29FN6O.C27H28FN5O2/c1-20-17-21(7-9-25(20)29)26-24(5-3-10-30-26)22-6-8-23-18-32-27(35(23)19-22)28(36)31-11-4-12-34-15-13-33(2)14-16-34;1-19-16-20(6-8-24(19)28)25-23(4-3-9-29-25)21-5-7-22-17-31-26(34(22)18-21)27(35)30-10-11-33-14-12-32(2)13-15-33;1-19-16-20(6-8-24(19)28)25-23(4-2-9-29-25)21-5-7-22-17-31-26(33(22)18-21)27(34)30-10-3-11-32-12-14-35-15-13-32/h3,5-10,17-19H,4,11-16H2,1-2H3,(H,31,36);3-9,16-18H,10-15H2,1-2H3,(H,30,35);2,4-9,16-18H,3,10-15H2,1H3,(H,30,34). The van der Waals surface area contributed by atoms with E-state index in [1.807, 2.05) is 100 Å². The molecule has 3 amide bonds. The summed E-state index contributed by atoms with van der Waals surface area (Å²) in [6.07, 6.45) is 17.8. The van der Waals surface area contributed by atoms with E-state index in [9.17, 15) is 27.6 Å². The summed E-state index contributed by atoms with van der Waals surface area (Å²) in [5.41, 5.74) is 14.4. The minimum Gasteiger partial charge on any atom is -0.379 e. The molecule has 12 aromatic rings. The Morgan fingerprint density at radius 3 is 1.06 bits per heavy atom. The molecule has 0 unspecified atom stereocenters. The maximum absolute atomic E-state index is 13.8. The smallest absolute Gasteiger partial charge is 0.287 e. The van der Waals surface area contributed by atoms with Gasteiger partial charge in [0.25, 0.3) is 17.7 Å². The molecule has 546 valence electrons. The number of benzene rings is 3. The minimum atomic E-state index is -0.244. The van der Waals surface area contributed by atoms with Gasteiger partial charge in [-0.2, -0.15) is 0 Å². The van der Waals surface area contributed by atoms with Gasteiger partial charge in [0, 0.05) is 179 Å². The van der Waals surface area contributed by atoms with Crippen LogP contribution in [0.5, 0.6) is 0 Å². The second-order valence-electron chi connectivity index (χ2n) is 27.2. The third-order valence-corrected chi connectivity index (χ3v) is 19.7. The number of hydrogen-bond acceptors (Lipinski definition) is 15. The zero-order chi connectivity index (χ0) is 73.6. The number of carbonyl (C=O) groups excluding carboxylic acids is 3. The molecule has 106 heavy (non-hydrogen) atoms. The van der Waals surface area contributed by atoms with Crippen molar-refractivity contribution in [2.24, 2.45) is 0 Å². The predicted octanol–water partition coefficient (Wildman–Crippen LogP) is 11.3. The van der Waals surface area contributed by atoms with Crippen molar-refractivity contribution in [3.05, 3.63) is 235 Å². The topological polar surface area (TPSA) is 203 Å². The zero-order valence-electron chi connectivity index (χ0n) is 60.5. The van der Waals surface area contributed by atoms with Crippen molar-refractivity contribution in [1.82, 2.24) is 83.6 Å². The Morgan fingerprint density at radius 1 is 0.387 bits per heavy atom. The van der Waals surface area contributed by atoms with E-state index in [1.165, 1.54) is 18.2 Å². The average molecular weight is 1430 g/mol. The molecule has 3 saturated heterocycles. The third-order valence-electron chi connectivity index (χ3n) is 19.7. The Kier molecular flexibility index (Phi) is 23.8. The molecule has 21 nitrogen and oxygen atoms in total. The molecule has 3 N–H and O–H groups in total. The van der Waals surface area contributed by atoms with E-state index in [0.29, 0.717) is 53.8 Å². The summed E-state index contributed by atoms with van der Waals surface area (Å²) in [6, 6.07) is 38.4. The van der Waals surface area contributed by atoms with Gasteiger partial charge in [0.05, 0.1) is 65.4 Å². The van der Waals surface area contributed by atoms with Gasteiger partial charge in [-0.05, 0) is 168 Å². The highest BCUT2D eigenvalue weighted by Gasteiger charge is 2.22. The number of aromatic nitrogens is 9. The number of halogens is 3. The lowest BCUT2D eigenvalue weighted by atomic mass is 9.99. The number of carbonyl (C=O) groups is 3. The van der Waals surface area contributed by atoms with Crippen LogP contribution in [0.3, 0.4) is 0 Å². The van der Waals surface area contributed by atoms with Gasteiger partial charge in [-0.25, -0.2) is 28.1 Å². The summed E-state index contributed by atoms with van der Waals surface area (Å²) in [7, 11) is 4.28. The van der Waals surface area contributed by atoms with Crippen LogP contribution in [-0.4, -0.2) is 217 Å². The summed E-state index contributed by atoms with van der Waals surface area (Å²) in [6.45, 7) is 21.6. The number of amides is 3. The lowest BCUT2D eigenvalue weighted by Gasteiger charge is -2.32.